The van der Waals surface area contributed by atoms with E-state index in [0.29, 0.717) is 22.6 Å². The summed E-state index contributed by atoms with van der Waals surface area (Å²) >= 11 is 0. The Hall–Kier alpha value is -2.85. The van der Waals surface area contributed by atoms with Crippen LogP contribution < -0.4 is 9.86 Å². The van der Waals surface area contributed by atoms with E-state index in [2.05, 4.69) is 9.82 Å². The van der Waals surface area contributed by atoms with E-state index >= 15 is 0 Å². The maximum atomic E-state index is 12.8. The summed E-state index contributed by atoms with van der Waals surface area (Å²) in [5.74, 6) is 0. The average molecular weight is 396 g/mol. The molecule has 0 aliphatic carbocycles. The first-order chi connectivity index (χ1) is 12.5. The van der Waals surface area contributed by atoms with Gasteiger partial charge in [-0.05, 0) is 49.4 Å². The number of aromatic nitrogens is 2. The van der Waals surface area contributed by atoms with E-state index in [-0.39, 0.29) is 5.69 Å². The van der Waals surface area contributed by atoms with Gasteiger partial charge in [0.25, 0.3) is 10.2 Å². The summed E-state index contributed by atoms with van der Waals surface area (Å²) in [7, 11) is -3.88. The largest absolute Gasteiger partial charge is 0.416 e. The molecule has 0 aliphatic rings. The summed E-state index contributed by atoms with van der Waals surface area (Å²) in [6, 6.07) is 12.8. The summed E-state index contributed by atoms with van der Waals surface area (Å²) in [5, 5.41) is 9.29. The van der Waals surface area contributed by atoms with Crippen LogP contribution in [0.15, 0.2) is 54.6 Å². The minimum atomic E-state index is -4.40. The van der Waals surface area contributed by atoms with Crippen molar-refractivity contribution in [2.24, 2.45) is 5.14 Å². The molecule has 1 aromatic heterocycles. The van der Waals surface area contributed by atoms with Gasteiger partial charge in [0.2, 0.25) is 0 Å². The SMILES string of the molecule is Cc1cc(-c2ccc(C(F)(F)F)cc2)n(-c2ccc(NS(N)(=O)=O)cc2)n1. The van der Waals surface area contributed by atoms with Crippen LogP contribution in [-0.2, 0) is 16.4 Å². The fraction of sp³-hybridized carbons (Fsp3) is 0.118. The van der Waals surface area contributed by atoms with Gasteiger partial charge >= 0.3 is 6.18 Å². The lowest BCUT2D eigenvalue weighted by Gasteiger charge is -2.11. The maximum Gasteiger partial charge on any atom is 0.416 e. The van der Waals surface area contributed by atoms with E-state index in [1.54, 1.807) is 29.8 Å². The van der Waals surface area contributed by atoms with Gasteiger partial charge in [0.15, 0.2) is 0 Å². The van der Waals surface area contributed by atoms with Crippen LogP contribution in [0.1, 0.15) is 11.3 Å². The molecule has 0 saturated carbocycles. The predicted octanol–water partition coefficient (Wildman–Crippen LogP) is 3.48. The smallest absolute Gasteiger partial charge is 0.271 e. The molecule has 0 bridgehead atoms. The third-order valence-electron chi connectivity index (χ3n) is 3.71. The van der Waals surface area contributed by atoms with Crippen molar-refractivity contribution in [3.05, 3.63) is 65.9 Å². The molecule has 0 spiro atoms. The first-order valence-electron chi connectivity index (χ1n) is 7.68. The van der Waals surface area contributed by atoms with Gasteiger partial charge in [-0.3, -0.25) is 4.72 Å². The molecule has 3 aromatic rings. The van der Waals surface area contributed by atoms with Crippen LogP contribution in [0.5, 0.6) is 0 Å². The number of halogens is 3. The Labute approximate surface area is 153 Å². The van der Waals surface area contributed by atoms with Crippen molar-refractivity contribution in [3.63, 3.8) is 0 Å². The third-order valence-corrected chi connectivity index (χ3v) is 4.23. The highest BCUT2D eigenvalue weighted by molar-refractivity contribution is 7.90. The second kappa shape index (κ2) is 6.71. The van der Waals surface area contributed by atoms with Crippen LogP contribution in [0, 0.1) is 6.92 Å². The van der Waals surface area contributed by atoms with Crippen molar-refractivity contribution in [2.75, 3.05) is 4.72 Å². The van der Waals surface area contributed by atoms with Gasteiger partial charge in [-0.15, -0.1) is 0 Å². The van der Waals surface area contributed by atoms with Crippen molar-refractivity contribution in [1.82, 2.24) is 9.78 Å². The number of nitrogens with two attached hydrogens (primary N) is 1. The van der Waals surface area contributed by atoms with Crippen LogP contribution >= 0.6 is 0 Å². The van der Waals surface area contributed by atoms with Crippen LogP contribution in [0.25, 0.3) is 16.9 Å². The number of nitrogens with zero attached hydrogens (tertiary/aromatic N) is 2. The molecule has 3 rings (SSSR count). The molecular weight excluding hydrogens is 381 g/mol. The van der Waals surface area contributed by atoms with E-state index in [4.69, 9.17) is 5.14 Å². The molecule has 0 amide bonds. The summed E-state index contributed by atoms with van der Waals surface area (Å²) in [5.41, 5.74) is 2.01. The third kappa shape index (κ3) is 4.47. The number of hydrogen-bond acceptors (Lipinski definition) is 3. The number of nitrogens with one attached hydrogen (secondary N) is 1. The molecule has 0 unspecified atom stereocenters. The zero-order chi connectivity index (χ0) is 19.8. The maximum absolute atomic E-state index is 12.8. The minimum Gasteiger partial charge on any atom is -0.271 e. The highest BCUT2D eigenvalue weighted by Crippen LogP contribution is 2.31. The van der Waals surface area contributed by atoms with Crippen molar-refractivity contribution in [1.29, 1.82) is 0 Å². The number of rotatable bonds is 4. The van der Waals surface area contributed by atoms with Gasteiger partial charge in [0.05, 0.1) is 22.6 Å². The van der Waals surface area contributed by atoms with Crippen LogP contribution in [-0.4, -0.2) is 18.2 Å². The summed E-state index contributed by atoms with van der Waals surface area (Å²) < 4.78 is 64.1. The van der Waals surface area contributed by atoms with Gasteiger partial charge in [-0.1, -0.05) is 12.1 Å². The van der Waals surface area contributed by atoms with Gasteiger partial charge in [-0.25, -0.2) is 9.82 Å². The molecule has 0 fully saturated rings. The Kier molecular flexibility index (Phi) is 4.70. The molecule has 0 aliphatic heterocycles. The lowest BCUT2D eigenvalue weighted by molar-refractivity contribution is -0.137. The second-order valence-corrected chi connectivity index (χ2v) is 7.15. The van der Waals surface area contributed by atoms with Crippen molar-refractivity contribution < 1.29 is 21.6 Å². The standard InChI is InChI=1S/C17H15F3N4O2S/c1-11-10-16(12-2-4-13(5-3-12)17(18,19)20)24(22-11)15-8-6-14(7-9-15)23-27(21,25)26/h2-10,23H,1H3,(H2,21,25,26). The molecule has 2 aromatic carbocycles. The van der Waals surface area contributed by atoms with Gasteiger partial charge in [-0.2, -0.15) is 26.7 Å². The molecule has 0 atom stereocenters. The lowest BCUT2D eigenvalue weighted by Crippen LogP contribution is -2.21. The predicted molar refractivity (Wildman–Crippen MR) is 95.5 cm³/mol. The number of aryl methyl sites for hydroxylation is 1. The zero-order valence-electron chi connectivity index (χ0n) is 14.0. The minimum absolute atomic E-state index is 0.279. The van der Waals surface area contributed by atoms with Crippen LogP contribution in [0.3, 0.4) is 0 Å². The average Bonchev–Trinajstić information content (AvgIpc) is 2.95. The number of hydrogen-bond donors (Lipinski definition) is 2. The summed E-state index contributed by atoms with van der Waals surface area (Å²) in [4.78, 5) is 0. The van der Waals surface area contributed by atoms with E-state index in [0.717, 1.165) is 12.1 Å². The fourth-order valence-corrected chi connectivity index (χ4v) is 3.03. The fourth-order valence-electron chi connectivity index (χ4n) is 2.57. The summed E-state index contributed by atoms with van der Waals surface area (Å²) in [6.07, 6.45) is -4.40. The molecule has 142 valence electrons. The summed E-state index contributed by atoms with van der Waals surface area (Å²) in [6.45, 7) is 1.76. The molecule has 1 heterocycles. The Morgan fingerprint density at radius 1 is 1.04 bits per heavy atom. The first-order valence-corrected chi connectivity index (χ1v) is 9.23. The normalized spacial score (nSPS) is 12.2. The Balaban J connectivity index is 1.97. The molecule has 27 heavy (non-hydrogen) atoms. The van der Waals surface area contributed by atoms with Gasteiger partial charge in [0, 0.05) is 11.3 Å². The second-order valence-electron chi connectivity index (χ2n) is 5.85. The Morgan fingerprint density at radius 2 is 1.63 bits per heavy atom. The van der Waals surface area contributed by atoms with Gasteiger partial charge in [0.1, 0.15) is 0 Å². The van der Waals surface area contributed by atoms with E-state index in [9.17, 15) is 21.6 Å². The Morgan fingerprint density at radius 3 is 2.15 bits per heavy atom. The topological polar surface area (TPSA) is 90.0 Å². The molecule has 10 heteroatoms. The molecular formula is C17H15F3N4O2S. The van der Waals surface area contributed by atoms with Crippen molar-refractivity contribution in [3.8, 4) is 16.9 Å². The van der Waals surface area contributed by atoms with Crippen molar-refractivity contribution >= 4 is 15.9 Å². The van der Waals surface area contributed by atoms with E-state index < -0.39 is 21.9 Å². The van der Waals surface area contributed by atoms with E-state index in [1.807, 2.05) is 0 Å². The number of benzene rings is 2. The van der Waals surface area contributed by atoms with E-state index in [1.165, 1.54) is 24.3 Å². The first kappa shape index (κ1) is 18.9. The lowest BCUT2D eigenvalue weighted by atomic mass is 10.1. The zero-order valence-corrected chi connectivity index (χ0v) is 14.8. The van der Waals surface area contributed by atoms with Crippen LogP contribution in [0.2, 0.25) is 0 Å². The van der Waals surface area contributed by atoms with Crippen molar-refractivity contribution in [2.45, 2.75) is 13.1 Å². The molecule has 6 nitrogen and oxygen atoms in total. The molecule has 0 radical (unpaired) electrons. The Bertz CT molecular complexity index is 1060. The number of alkyl halides is 3. The monoisotopic (exact) mass is 396 g/mol. The highest BCUT2D eigenvalue weighted by atomic mass is 32.2. The molecule has 3 N–H and O–H groups in total. The van der Waals surface area contributed by atoms with Crippen LogP contribution in [0.4, 0.5) is 18.9 Å². The number of anilines is 1. The van der Waals surface area contributed by atoms with Gasteiger partial charge < -0.3 is 0 Å². The highest BCUT2D eigenvalue weighted by Gasteiger charge is 2.30. The molecule has 0 saturated heterocycles. The quantitative estimate of drug-likeness (QED) is 0.707.